The number of carbonyl (C=O) groups is 1. The molecule has 0 aliphatic carbocycles. The summed E-state index contributed by atoms with van der Waals surface area (Å²) in [5.41, 5.74) is 0.364. The van der Waals surface area contributed by atoms with Crippen molar-refractivity contribution in [1.29, 1.82) is 0 Å². The lowest BCUT2D eigenvalue weighted by atomic mass is 10.0. The number of hydrogen-bond donors (Lipinski definition) is 1. The van der Waals surface area contributed by atoms with Gasteiger partial charge in [-0.05, 0) is 36.6 Å². The summed E-state index contributed by atoms with van der Waals surface area (Å²) in [4.78, 5) is 12.4. The van der Waals surface area contributed by atoms with E-state index in [1.54, 1.807) is 38.5 Å². The summed E-state index contributed by atoms with van der Waals surface area (Å²) < 4.78 is 15.6. The maximum absolute atomic E-state index is 12.4. The summed E-state index contributed by atoms with van der Waals surface area (Å²) in [6.45, 7) is 3.60. The quantitative estimate of drug-likeness (QED) is 0.374. The van der Waals surface area contributed by atoms with E-state index in [1.807, 2.05) is 6.92 Å². The lowest BCUT2D eigenvalue weighted by Gasteiger charge is -2.28. The Morgan fingerprint density at radius 1 is 1.17 bits per heavy atom. The molecule has 0 aliphatic heterocycles. The SMILES string of the molecule is COCCOC[C@H](C[C@H](C)COC)N(O)C(=O)c1ccc(Cl)cc1. The Labute approximate surface area is 148 Å². The van der Waals surface area contributed by atoms with Crippen molar-refractivity contribution in [3.05, 3.63) is 34.9 Å². The molecule has 1 amide bonds. The van der Waals surface area contributed by atoms with Gasteiger partial charge in [-0.1, -0.05) is 18.5 Å². The number of ether oxygens (including phenoxy) is 3. The third-order valence-corrected chi connectivity index (χ3v) is 3.76. The Bertz CT molecular complexity index is 482. The molecule has 0 radical (unpaired) electrons. The molecule has 0 saturated carbocycles. The summed E-state index contributed by atoms with van der Waals surface area (Å²) in [6.07, 6.45) is 0.552. The number of rotatable bonds is 11. The molecule has 2 atom stereocenters. The van der Waals surface area contributed by atoms with Gasteiger partial charge in [-0.2, -0.15) is 0 Å². The molecule has 136 valence electrons. The third kappa shape index (κ3) is 7.15. The number of hydroxylamine groups is 2. The van der Waals surface area contributed by atoms with Crippen molar-refractivity contribution >= 4 is 17.5 Å². The Morgan fingerprint density at radius 3 is 2.42 bits per heavy atom. The van der Waals surface area contributed by atoms with E-state index in [0.717, 1.165) is 5.06 Å². The second kappa shape index (κ2) is 11.4. The highest BCUT2D eigenvalue weighted by Gasteiger charge is 2.25. The van der Waals surface area contributed by atoms with Crippen LogP contribution in [0.5, 0.6) is 0 Å². The first kappa shape index (κ1) is 20.9. The van der Waals surface area contributed by atoms with E-state index in [1.165, 1.54) is 0 Å². The molecule has 0 bridgehead atoms. The smallest absolute Gasteiger partial charge is 0.277 e. The van der Waals surface area contributed by atoms with Gasteiger partial charge in [0.25, 0.3) is 5.91 Å². The van der Waals surface area contributed by atoms with Crippen molar-refractivity contribution in [2.45, 2.75) is 19.4 Å². The highest BCUT2D eigenvalue weighted by Crippen LogP contribution is 2.16. The number of methoxy groups -OCH3 is 2. The van der Waals surface area contributed by atoms with E-state index in [2.05, 4.69) is 0 Å². The van der Waals surface area contributed by atoms with Crippen molar-refractivity contribution in [3.63, 3.8) is 0 Å². The van der Waals surface area contributed by atoms with Crippen LogP contribution in [-0.2, 0) is 14.2 Å². The molecular weight excluding hydrogens is 334 g/mol. The molecule has 1 rings (SSSR count). The van der Waals surface area contributed by atoms with Crippen molar-refractivity contribution in [1.82, 2.24) is 5.06 Å². The molecule has 1 aromatic rings. The molecule has 0 spiro atoms. The second-order valence-corrected chi connectivity index (χ2v) is 6.11. The van der Waals surface area contributed by atoms with Gasteiger partial charge in [-0.15, -0.1) is 0 Å². The largest absolute Gasteiger partial charge is 0.384 e. The maximum atomic E-state index is 12.4. The summed E-state index contributed by atoms with van der Waals surface area (Å²) in [5.74, 6) is -0.324. The molecule has 0 fully saturated rings. The molecule has 0 saturated heterocycles. The normalized spacial score (nSPS) is 13.5. The highest BCUT2D eigenvalue weighted by molar-refractivity contribution is 6.30. The number of hydrogen-bond acceptors (Lipinski definition) is 5. The van der Waals surface area contributed by atoms with E-state index in [0.29, 0.717) is 36.8 Å². The van der Waals surface area contributed by atoms with Gasteiger partial charge >= 0.3 is 0 Å². The molecule has 0 aromatic heterocycles. The van der Waals surface area contributed by atoms with Crippen LogP contribution in [0, 0.1) is 5.92 Å². The Balaban J connectivity index is 2.74. The van der Waals surface area contributed by atoms with E-state index in [9.17, 15) is 10.0 Å². The topological polar surface area (TPSA) is 68.2 Å². The molecule has 0 unspecified atom stereocenters. The molecule has 6 nitrogen and oxygen atoms in total. The van der Waals surface area contributed by atoms with Gasteiger partial charge in [-0.25, -0.2) is 5.06 Å². The number of amides is 1. The van der Waals surface area contributed by atoms with Crippen molar-refractivity contribution in [2.75, 3.05) is 40.6 Å². The average molecular weight is 360 g/mol. The van der Waals surface area contributed by atoms with E-state index in [4.69, 9.17) is 25.8 Å². The first-order valence-corrected chi connectivity index (χ1v) is 8.21. The molecule has 1 N–H and O–H groups in total. The minimum atomic E-state index is -0.489. The van der Waals surface area contributed by atoms with Crippen LogP contribution in [0.1, 0.15) is 23.7 Å². The molecule has 0 heterocycles. The summed E-state index contributed by atoms with van der Waals surface area (Å²) in [6, 6.07) is 5.90. The van der Waals surface area contributed by atoms with Gasteiger partial charge in [0, 0.05) is 31.4 Å². The molecule has 0 aliphatic rings. The van der Waals surface area contributed by atoms with Crippen LogP contribution in [0.2, 0.25) is 5.02 Å². The average Bonchev–Trinajstić information content (AvgIpc) is 2.57. The molecular formula is C17H26ClNO5. The predicted molar refractivity (Wildman–Crippen MR) is 91.5 cm³/mol. The Morgan fingerprint density at radius 2 is 1.83 bits per heavy atom. The number of nitrogens with zero attached hydrogens (tertiary/aromatic N) is 1. The number of carbonyl (C=O) groups excluding carboxylic acids is 1. The van der Waals surface area contributed by atoms with Crippen LogP contribution in [-0.4, -0.2) is 62.9 Å². The molecule has 24 heavy (non-hydrogen) atoms. The van der Waals surface area contributed by atoms with Crippen LogP contribution in [0.3, 0.4) is 0 Å². The third-order valence-electron chi connectivity index (χ3n) is 3.51. The van der Waals surface area contributed by atoms with Crippen molar-refractivity contribution in [3.8, 4) is 0 Å². The van der Waals surface area contributed by atoms with Crippen molar-refractivity contribution < 1.29 is 24.2 Å². The standard InChI is InChI=1S/C17H26ClNO5/c1-13(11-23-3)10-16(12-24-9-8-22-2)19(21)17(20)14-4-6-15(18)7-5-14/h4-7,13,16,21H,8-12H2,1-3H3/t13-,16-/m0/s1. The fourth-order valence-corrected chi connectivity index (χ4v) is 2.43. The highest BCUT2D eigenvalue weighted by atomic mass is 35.5. The van der Waals surface area contributed by atoms with Crippen LogP contribution in [0.25, 0.3) is 0 Å². The van der Waals surface area contributed by atoms with Crippen LogP contribution in [0.4, 0.5) is 0 Å². The molecule has 7 heteroatoms. The van der Waals surface area contributed by atoms with Crippen LogP contribution in [0.15, 0.2) is 24.3 Å². The van der Waals surface area contributed by atoms with Gasteiger partial charge in [-0.3, -0.25) is 10.0 Å². The van der Waals surface area contributed by atoms with E-state index < -0.39 is 11.9 Å². The van der Waals surface area contributed by atoms with Crippen molar-refractivity contribution in [2.24, 2.45) is 5.92 Å². The summed E-state index contributed by atoms with van der Waals surface area (Å²) in [5, 5.41) is 11.6. The number of benzene rings is 1. The van der Waals surface area contributed by atoms with E-state index >= 15 is 0 Å². The zero-order valence-electron chi connectivity index (χ0n) is 14.4. The first-order chi connectivity index (χ1) is 11.5. The summed E-state index contributed by atoms with van der Waals surface area (Å²) in [7, 11) is 3.21. The van der Waals surface area contributed by atoms with Crippen LogP contribution < -0.4 is 0 Å². The lowest BCUT2D eigenvalue weighted by molar-refractivity contribution is -0.115. The van der Waals surface area contributed by atoms with Gasteiger partial charge in [0.05, 0.1) is 25.9 Å². The second-order valence-electron chi connectivity index (χ2n) is 5.67. The minimum Gasteiger partial charge on any atom is -0.384 e. The zero-order chi connectivity index (χ0) is 17.9. The summed E-state index contributed by atoms with van der Waals surface area (Å²) >= 11 is 5.83. The van der Waals surface area contributed by atoms with Crippen LogP contribution >= 0.6 is 11.6 Å². The van der Waals surface area contributed by atoms with Gasteiger partial charge < -0.3 is 14.2 Å². The fraction of sp³-hybridized carbons (Fsp3) is 0.588. The van der Waals surface area contributed by atoms with E-state index in [-0.39, 0.29) is 12.5 Å². The lowest BCUT2D eigenvalue weighted by Crippen LogP contribution is -2.42. The monoisotopic (exact) mass is 359 g/mol. The Hall–Kier alpha value is -1.18. The predicted octanol–water partition coefficient (Wildman–Crippen LogP) is 2.88. The maximum Gasteiger partial charge on any atom is 0.277 e. The first-order valence-electron chi connectivity index (χ1n) is 7.83. The Kier molecular flexibility index (Phi) is 9.90. The zero-order valence-corrected chi connectivity index (χ0v) is 15.2. The minimum absolute atomic E-state index is 0.165. The van der Waals surface area contributed by atoms with Gasteiger partial charge in [0.15, 0.2) is 0 Å². The van der Waals surface area contributed by atoms with Gasteiger partial charge in [0.1, 0.15) is 0 Å². The van der Waals surface area contributed by atoms with Gasteiger partial charge in [0.2, 0.25) is 0 Å². The fourth-order valence-electron chi connectivity index (χ4n) is 2.31. The molecule has 1 aromatic carbocycles. The number of halogens is 1.